The molecule has 0 bridgehead atoms. The molecule has 4 N–H and O–H groups in total. The second-order valence-corrected chi connectivity index (χ2v) is 4.08. The molecule has 0 saturated carbocycles. The lowest BCUT2D eigenvalue weighted by Crippen LogP contribution is -2.59. The first-order valence-corrected chi connectivity index (χ1v) is 5.12. The largest absolute Gasteiger partial charge is 0.505 e. The van der Waals surface area contributed by atoms with E-state index in [0.717, 1.165) is 18.2 Å². The van der Waals surface area contributed by atoms with Crippen molar-refractivity contribution in [1.82, 2.24) is 0 Å². The van der Waals surface area contributed by atoms with Crippen molar-refractivity contribution in [3.05, 3.63) is 28.3 Å². The molecule has 0 aliphatic carbocycles. The maximum Gasteiger partial charge on any atom is 0.415 e. The summed E-state index contributed by atoms with van der Waals surface area (Å²) in [7, 11) is 0. The number of para-hydroxylation sites is 1. The van der Waals surface area contributed by atoms with E-state index in [1.807, 2.05) is 0 Å². The van der Waals surface area contributed by atoms with E-state index in [0.29, 0.717) is 6.92 Å². The molecule has 1 aromatic rings. The standard InChI is InChI=1S/C10H10F3N3O4/c1-9(14,10(11,12)13)8(18)15-7-5(16(19)20)3-2-4-6(7)17/h2-4,17H,14H2,1H3,(H,15,18). The number of benzene rings is 1. The van der Waals surface area contributed by atoms with Crippen LogP contribution in [0.15, 0.2) is 18.2 Å². The van der Waals surface area contributed by atoms with Crippen LogP contribution in [0.4, 0.5) is 24.5 Å². The monoisotopic (exact) mass is 293 g/mol. The predicted molar refractivity (Wildman–Crippen MR) is 62.0 cm³/mol. The van der Waals surface area contributed by atoms with E-state index >= 15 is 0 Å². The zero-order valence-electron chi connectivity index (χ0n) is 10.1. The van der Waals surface area contributed by atoms with Crippen LogP contribution in [-0.2, 0) is 4.79 Å². The van der Waals surface area contributed by atoms with Crippen molar-refractivity contribution < 1.29 is 28.0 Å². The summed E-state index contributed by atoms with van der Waals surface area (Å²) in [6.45, 7) is 0.411. The van der Waals surface area contributed by atoms with Gasteiger partial charge in [-0.15, -0.1) is 0 Å². The van der Waals surface area contributed by atoms with Gasteiger partial charge >= 0.3 is 6.18 Å². The minimum atomic E-state index is -5.06. The van der Waals surface area contributed by atoms with Gasteiger partial charge in [0.15, 0.2) is 11.2 Å². The number of rotatable bonds is 3. The van der Waals surface area contributed by atoms with E-state index in [1.54, 1.807) is 5.32 Å². The molecular weight excluding hydrogens is 283 g/mol. The van der Waals surface area contributed by atoms with Crippen LogP contribution in [-0.4, -0.2) is 27.7 Å². The van der Waals surface area contributed by atoms with Crippen LogP contribution in [0.1, 0.15) is 6.92 Å². The Morgan fingerprint density at radius 3 is 2.45 bits per heavy atom. The molecule has 0 aliphatic heterocycles. The van der Waals surface area contributed by atoms with Crippen molar-refractivity contribution in [2.45, 2.75) is 18.6 Å². The SMILES string of the molecule is CC(N)(C(=O)Nc1c(O)cccc1[N+](=O)[O-])C(F)(F)F. The number of nitro benzene ring substituents is 1. The van der Waals surface area contributed by atoms with Crippen LogP contribution in [0.5, 0.6) is 5.75 Å². The number of anilines is 1. The molecule has 0 radical (unpaired) electrons. The fourth-order valence-corrected chi connectivity index (χ4v) is 1.18. The summed E-state index contributed by atoms with van der Waals surface area (Å²) in [6.07, 6.45) is -5.06. The van der Waals surface area contributed by atoms with Gasteiger partial charge in [0.25, 0.3) is 11.6 Å². The third-order valence-electron chi connectivity index (χ3n) is 2.52. The Morgan fingerprint density at radius 2 is 2.00 bits per heavy atom. The molecule has 20 heavy (non-hydrogen) atoms. The molecule has 0 aliphatic rings. The summed E-state index contributed by atoms with van der Waals surface area (Å²) < 4.78 is 37.7. The van der Waals surface area contributed by atoms with Gasteiger partial charge in [-0.1, -0.05) is 6.07 Å². The Bertz CT molecular complexity index is 557. The number of carbonyl (C=O) groups excluding carboxylic acids is 1. The van der Waals surface area contributed by atoms with Crippen molar-refractivity contribution in [1.29, 1.82) is 0 Å². The quantitative estimate of drug-likeness (QED) is 0.443. The van der Waals surface area contributed by atoms with Gasteiger partial charge in [-0.05, 0) is 13.0 Å². The molecular formula is C10H10F3N3O4. The maximum absolute atomic E-state index is 12.6. The van der Waals surface area contributed by atoms with Crippen LogP contribution < -0.4 is 11.1 Å². The van der Waals surface area contributed by atoms with E-state index in [-0.39, 0.29) is 0 Å². The molecule has 7 nitrogen and oxygen atoms in total. The van der Waals surface area contributed by atoms with E-state index in [1.165, 1.54) is 0 Å². The number of nitrogens with zero attached hydrogens (tertiary/aromatic N) is 1. The molecule has 110 valence electrons. The van der Waals surface area contributed by atoms with Crippen molar-refractivity contribution in [3.8, 4) is 5.75 Å². The van der Waals surface area contributed by atoms with Crippen molar-refractivity contribution in [2.24, 2.45) is 5.73 Å². The number of aromatic hydroxyl groups is 1. The molecule has 0 aromatic heterocycles. The Balaban J connectivity index is 3.18. The third kappa shape index (κ3) is 2.79. The highest BCUT2D eigenvalue weighted by atomic mass is 19.4. The van der Waals surface area contributed by atoms with Gasteiger partial charge in [-0.2, -0.15) is 13.2 Å². The number of alkyl halides is 3. The summed E-state index contributed by atoms with van der Waals surface area (Å²) in [4.78, 5) is 21.2. The summed E-state index contributed by atoms with van der Waals surface area (Å²) in [6, 6.07) is 3.00. The van der Waals surface area contributed by atoms with Crippen LogP contribution >= 0.6 is 0 Å². The Labute approximate surface area is 110 Å². The molecule has 1 rings (SSSR count). The molecule has 10 heteroatoms. The summed E-state index contributed by atoms with van der Waals surface area (Å²) >= 11 is 0. The first kappa shape index (κ1) is 15.7. The second kappa shape index (κ2) is 4.96. The number of nitro groups is 1. The van der Waals surface area contributed by atoms with Gasteiger partial charge in [0.05, 0.1) is 4.92 Å². The van der Waals surface area contributed by atoms with Gasteiger partial charge in [-0.3, -0.25) is 14.9 Å². The first-order chi connectivity index (χ1) is 8.98. The molecule has 0 fully saturated rings. The fraction of sp³-hybridized carbons (Fsp3) is 0.300. The highest BCUT2D eigenvalue weighted by Crippen LogP contribution is 2.35. The number of phenolic OH excluding ortho intramolecular Hbond substituents is 1. The van der Waals surface area contributed by atoms with E-state index < -0.39 is 39.7 Å². The van der Waals surface area contributed by atoms with Crippen LogP contribution in [0.3, 0.4) is 0 Å². The van der Waals surface area contributed by atoms with Gasteiger partial charge in [0, 0.05) is 6.07 Å². The number of halogens is 3. The molecule has 1 unspecified atom stereocenters. The molecule has 0 heterocycles. The van der Waals surface area contributed by atoms with E-state index in [4.69, 9.17) is 5.73 Å². The van der Waals surface area contributed by atoms with Gasteiger partial charge in [0.2, 0.25) is 0 Å². The lowest BCUT2D eigenvalue weighted by Gasteiger charge is -2.26. The highest BCUT2D eigenvalue weighted by molar-refractivity contribution is 6.01. The van der Waals surface area contributed by atoms with E-state index in [9.17, 15) is 33.2 Å². The zero-order valence-corrected chi connectivity index (χ0v) is 10.1. The summed E-state index contributed by atoms with van der Waals surface area (Å²) in [5, 5.41) is 21.7. The van der Waals surface area contributed by atoms with Crippen LogP contribution in [0, 0.1) is 10.1 Å². The Kier molecular flexibility index (Phi) is 3.89. The first-order valence-electron chi connectivity index (χ1n) is 5.12. The topological polar surface area (TPSA) is 118 Å². The highest BCUT2D eigenvalue weighted by Gasteiger charge is 2.54. The molecule has 1 atom stereocenters. The van der Waals surface area contributed by atoms with Gasteiger partial charge < -0.3 is 16.2 Å². The van der Waals surface area contributed by atoms with Gasteiger partial charge in [-0.25, -0.2) is 0 Å². The molecule has 0 spiro atoms. The van der Waals surface area contributed by atoms with Crippen molar-refractivity contribution >= 4 is 17.3 Å². The maximum atomic E-state index is 12.6. The second-order valence-electron chi connectivity index (χ2n) is 4.08. The molecule has 0 saturated heterocycles. The predicted octanol–water partition coefficient (Wildman–Crippen LogP) is 1.52. The zero-order chi connectivity index (χ0) is 15.7. The minimum Gasteiger partial charge on any atom is -0.505 e. The lowest BCUT2D eigenvalue weighted by molar-refractivity contribution is -0.384. The van der Waals surface area contributed by atoms with Crippen molar-refractivity contribution in [3.63, 3.8) is 0 Å². The number of nitrogens with one attached hydrogen (secondary N) is 1. The van der Waals surface area contributed by atoms with E-state index in [2.05, 4.69) is 0 Å². The minimum absolute atomic E-state index is 0.411. The number of amides is 1. The number of hydrogen-bond donors (Lipinski definition) is 3. The van der Waals surface area contributed by atoms with Gasteiger partial charge in [0.1, 0.15) is 5.75 Å². The van der Waals surface area contributed by atoms with Crippen LogP contribution in [0.2, 0.25) is 0 Å². The number of hydrogen-bond acceptors (Lipinski definition) is 5. The molecule has 1 aromatic carbocycles. The van der Waals surface area contributed by atoms with Crippen molar-refractivity contribution in [2.75, 3.05) is 5.32 Å². The fourth-order valence-electron chi connectivity index (χ4n) is 1.18. The average Bonchev–Trinajstić information content (AvgIpc) is 2.29. The lowest BCUT2D eigenvalue weighted by atomic mass is 10.0. The normalized spacial score (nSPS) is 14.4. The summed E-state index contributed by atoms with van der Waals surface area (Å²) in [5.74, 6) is -2.47. The average molecular weight is 293 g/mol. The summed E-state index contributed by atoms with van der Waals surface area (Å²) in [5.41, 5.74) is 0.112. The number of carbonyl (C=O) groups is 1. The smallest absolute Gasteiger partial charge is 0.415 e. The Hall–Kier alpha value is -2.36. The third-order valence-corrected chi connectivity index (χ3v) is 2.52. The number of phenols is 1. The van der Waals surface area contributed by atoms with Crippen LogP contribution in [0.25, 0.3) is 0 Å². The molecule has 1 amide bonds. The number of nitrogens with two attached hydrogens (primary N) is 1. The Morgan fingerprint density at radius 1 is 1.45 bits per heavy atom.